The largest absolute Gasteiger partial charge is 0.457 e. The minimum atomic E-state index is 0.209. The third-order valence-corrected chi connectivity index (χ3v) is 5.22. The molecule has 0 fully saturated rings. The molecule has 0 saturated carbocycles. The number of benzene rings is 3. The Labute approximate surface area is 191 Å². The Balaban J connectivity index is 1.50. The number of rotatable bonds is 6. The molecule has 0 spiro atoms. The summed E-state index contributed by atoms with van der Waals surface area (Å²) >= 11 is 0. The molecule has 0 saturated heterocycles. The fourth-order valence-electron chi connectivity index (χ4n) is 3.56. The second kappa shape index (κ2) is 8.63. The number of anilines is 3. The summed E-state index contributed by atoms with van der Waals surface area (Å²) in [5, 5.41) is 3.40. The topological polar surface area (TPSA) is 90.9 Å². The highest BCUT2D eigenvalue weighted by atomic mass is 16.5. The standard InChI is InChI=1S/C26H24N6O/c1-17(2)32-16-28-23-25(30-24(31-26(23)32)18-7-6-8-19(27)15-18)29-20-11-13-22(14-12-20)33-21-9-4-3-5-10-21/h3-17H,27H2,1-2H3,(H,29,30,31). The van der Waals surface area contributed by atoms with Crippen molar-refractivity contribution in [2.75, 3.05) is 11.1 Å². The zero-order valence-electron chi connectivity index (χ0n) is 18.4. The molecule has 0 radical (unpaired) electrons. The van der Waals surface area contributed by atoms with E-state index in [0.717, 1.165) is 28.4 Å². The highest BCUT2D eigenvalue weighted by molar-refractivity contribution is 5.87. The Morgan fingerprint density at radius 3 is 2.36 bits per heavy atom. The third-order valence-electron chi connectivity index (χ3n) is 5.22. The fourth-order valence-corrected chi connectivity index (χ4v) is 3.56. The lowest BCUT2D eigenvalue weighted by Gasteiger charge is -2.12. The molecule has 2 heterocycles. The highest BCUT2D eigenvalue weighted by Crippen LogP contribution is 2.30. The molecule has 7 heteroatoms. The number of aromatic nitrogens is 4. The zero-order chi connectivity index (χ0) is 22.8. The van der Waals surface area contributed by atoms with Crippen molar-refractivity contribution in [1.82, 2.24) is 19.5 Å². The molecule has 164 valence electrons. The van der Waals surface area contributed by atoms with Crippen LogP contribution in [0, 0.1) is 0 Å². The predicted molar refractivity (Wildman–Crippen MR) is 132 cm³/mol. The first kappa shape index (κ1) is 20.5. The van der Waals surface area contributed by atoms with Gasteiger partial charge in [0.1, 0.15) is 11.5 Å². The summed E-state index contributed by atoms with van der Waals surface area (Å²) in [4.78, 5) is 14.2. The van der Waals surface area contributed by atoms with Gasteiger partial charge in [0.25, 0.3) is 0 Å². The van der Waals surface area contributed by atoms with Crippen LogP contribution in [-0.4, -0.2) is 19.5 Å². The summed E-state index contributed by atoms with van der Waals surface area (Å²) in [6.45, 7) is 4.20. The molecule has 3 N–H and O–H groups in total. The molecular weight excluding hydrogens is 412 g/mol. The number of para-hydroxylation sites is 1. The Hall–Kier alpha value is -4.39. The molecule has 0 unspecified atom stereocenters. The highest BCUT2D eigenvalue weighted by Gasteiger charge is 2.16. The van der Waals surface area contributed by atoms with Gasteiger partial charge in [-0.05, 0) is 62.4 Å². The van der Waals surface area contributed by atoms with Crippen LogP contribution in [0.15, 0.2) is 85.2 Å². The van der Waals surface area contributed by atoms with E-state index >= 15 is 0 Å². The lowest BCUT2D eigenvalue weighted by Crippen LogP contribution is -2.04. The number of hydrogen-bond acceptors (Lipinski definition) is 6. The van der Waals surface area contributed by atoms with Crippen LogP contribution in [0.5, 0.6) is 11.5 Å². The second-order valence-corrected chi connectivity index (χ2v) is 8.00. The smallest absolute Gasteiger partial charge is 0.166 e. The predicted octanol–water partition coefficient (Wildman–Crippen LogP) is 6.19. The van der Waals surface area contributed by atoms with E-state index < -0.39 is 0 Å². The van der Waals surface area contributed by atoms with Crippen LogP contribution >= 0.6 is 0 Å². The van der Waals surface area contributed by atoms with E-state index in [1.165, 1.54) is 0 Å². The maximum Gasteiger partial charge on any atom is 0.166 e. The van der Waals surface area contributed by atoms with E-state index in [4.69, 9.17) is 20.4 Å². The van der Waals surface area contributed by atoms with Crippen molar-refractivity contribution in [1.29, 1.82) is 0 Å². The van der Waals surface area contributed by atoms with Crippen LogP contribution in [-0.2, 0) is 0 Å². The summed E-state index contributed by atoms with van der Waals surface area (Å²) in [5.74, 6) is 2.77. The van der Waals surface area contributed by atoms with E-state index in [-0.39, 0.29) is 6.04 Å². The summed E-state index contributed by atoms with van der Waals surface area (Å²) < 4.78 is 7.93. The van der Waals surface area contributed by atoms with Crippen molar-refractivity contribution >= 4 is 28.4 Å². The maximum atomic E-state index is 6.00. The van der Waals surface area contributed by atoms with Crippen LogP contribution in [0.4, 0.5) is 17.2 Å². The molecule has 0 atom stereocenters. The van der Waals surface area contributed by atoms with Gasteiger partial charge < -0.3 is 20.4 Å². The summed E-state index contributed by atoms with van der Waals surface area (Å²) in [5.41, 5.74) is 9.86. The van der Waals surface area contributed by atoms with Gasteiger partial charge in [-0.2, -0.15) is 0 Å². The molecule has 5 rings (SSSR count). The molecule has 7 nitrogen and oxygen atoms in total. The van der Waals surface area contributed by atoms with Crippen molar-refractivity contribution in [2.24, 2.45) is 0 Å². The minimum absolute atomic E-state index is 0.209. The molecule has 0 aliphatic rings. The van der Waals surface area contributed by atoms with Crippen LogP contribution in [0.25, 0.3) is 22.6 Å². The van der Waals surface area contributed by atoms with Gasteiger partial charge in [0.15, 0.2) is 22.8 Å². The van der Waals surface area contributed by atoms with Gasteiger partial charge in [0.05, 0.1) is 6.33 Å². The van der Waals surface area contributed by atoms with E-state index in [1.807, 2.05) is 83.4 Å². The Kier molecular flexibility index (Phi) is 5.36. The van der Waals surface area contributed by atoms with Gasteiger partial charge in [0, 0.05) is 23.0 Å². The number of fused-ring (bicyclic) bond motifs is 1. The summed E-state index contributed by atoms with van der Waals surface area (Å²) in [7, 11) is 0. The number of hydrogen-bond donors (Lipinski definition) is 2. The van der Waals surface area contributed by atoms with Crippen LogP contribution in [0.3, 0.4) is 0 Å². The first-order valence-corrected chi connectivity index (χ1v) is 10.8. The van der Waals surface area contributed by atoms with Gasteiger partial charge in [-0.25, -0.2) is 15.0 Å². The number of nitrogens with one attached hydrogen (secondary N) is 1. The molecule has 0 bridgehead atoms. The molecule has 3 aromatic carbocycles. The normalized spacial score (nSPS) is 11.1. The maximum absolute atomic E-state index is 6.00. The Morgan fingerprint density at radius 2 is 1.64 bits per heavy atom. The fraction of sp³-hybridized carbons (Fsp3) is 0.115. The van der Waals surface area contributed by atoms with Crippen molar-refractivity contribution in [3.63, 3.8) is 0 Å². The summed E-state index contributed by atoms with van der Waals surface area (Å²) in [6, 6.07) is 25.2. The first-order chi connectivity index (χ1) is 16.1. The molecule has 0 aliphatic heterocycles. The lowest BCUT2D eigenvalue weighted by atomic mass is 10.2. The van der Waals surface area contributed by atoms with Gasteiger partial charge >= 0.3 is 0 Å². The molecule has 0 aliphatic carbocycles. The van der Waals surface area contributed by atoms with E-state index in [9.17, 15) is 0 Å². The molecule has 0 amide bonds. The summed E-state index contributed by atoms with van der Waals surface area (Å²) in [6.07, 6.45) is 1.80. The van der Waals surface area contributed by atoms with E-state index in [2.05, 4.69) is 24.1 Å². The first-order valence-electron chi connectivity index (χ1n) is 10.8. The second-order valence-electron chi connectivity index (χ2n) is 8.00. The van der Waals surface area contributed by atoms with Gasteiger partial charge in [-0.3, -0.25) is 0 Å². The van der Waals surface area contributed by atoms with Crippen LogP contribution in [0.2, 0.25) is 0 Å². The number of nitrogen functional groups attached to an aromatic ring is 1. The zero-order valence-corrected chi connectivity index (χ0v) is 18.4. The van der Waals surface area contributed by atoms with Crippen LogP contribution < -0.4 is 15.8 Å². The van der Waals surface area contributed by atoms with Crippen molar-refractivity contribution in [3.8, 4) is 22.9 Å². The van der Waals surface area contributed by atoms with E-state index in [1.54, 1.807) is 6.33 Å². The lowest BCUT2D eigenvalue weighted by molar-refractivity contribution is 0.483. The Bertz CT molecular complexity index is 1390. The average Bonchev–Trinajstić information content (AvgIpc) is 3.26. The van der Waals surface area contributed by atoms with Gasteiger partial charge in [-0.15, -0.1) is 0 Å². The van der Waals surface area contributed by atoms with Crippen molar-refractivity contribution < 1.29 is 4.74 Å². The number of ether oxygens (including phenoxy) is 1. The van der Waals surface area contributed by atoms with E-state index in [0.29, 0.717) is 22.8 Å². The molecular formula is C26H24N6O. The van der Waals surface area contributed by atoms with Crippen LogP contribution in [0.1, 0.15) is 19.9 Å². The average molecular weight is 437 g/mol. The monoisotopic (exact) mass is 436 g/mol. The van der Waals surface area contributed by atoms with Crippen molar-refractivity contribution in [2.45, 2.75) is 19.9 Å². The SMILES string of the molecule is CC(C)n1cnc2c(Nc3ccc(Oc4ccccc4)cc3)nc(-c3cccc(N)c3)nc21. The van der Waals surface area contributed by atoms with Crippen molar-refractivity contribution in [3.05, 3.63) is 85.2 Å². The molecule has 2 aromatic heterocycles. The number of nitrogens with zero attached hydrogens (tertiary/aromatic N) is 4. The molecule has 5 aromatic rings. The minimum Gasteiger partial charge on any atom is -0.457 e. The number of nitrogens with two attached hydrogens (primary N) is 1. The number of imidazole rings is 1. The third kappa shape index (κ3) is 4.34. The quantitative estimate of drug-likeness (QED) is 0.308. The Morgan fingerprint density at radius 1 is 0.879 bits per heavy atom. The van der Waals surface area contributed by atoms with Gasteiger partial charge in [-0.1, -0.05) is 30.3 Å². The van der Waals surface area contributed by atoms with Gasteiger partial charge in [0.2, 0.25) is 0 Å². The molecule has 33 heavy (non-hydrogen) atoms.